The van der Waals surface area contributed by atoms with Crippen molar-refractivity contribution in [2.45, 2.75) is 63.8 Å². The highest BCUT2D eigenvalue weighted by Crippen LogP contribution is 2.22. The Morgan fingerprint density at radius 2 is 1.80 bits per heavy atom. The molecule has 0 aromatic carbocycles. The summed E-state index contributed by atoms with van der Waals surface area (Å²) in [4.78, 5) is 3.79. The monoisotopic (exact) mass is 243 g/mol. The smallest absolute Gasteiger partial charge is 0.0913 e. The molecule has 0 heterocycles. The summed E-state index contributed by atoms with van der Waals surface area (Å²) in [6.07, 6.45) is 7.46. The highest BCUT2D eigenvalue weighted by molar-refractivity contribution is 6.76. The van der Waals surface area contributed by atoms with Crippen molar-refractivity contribution in [1.29, 1.82) is 0 Å². The van der Waals surface area contributed by atoms with Gasteiger partial charge in [0.25, 0.3) is 0 Å². The maximum atomic E-state index is 3.79. The van der Waals surface area contributed by atoms with E-state index in [0.717, 1.165) is 5.92 Å². The van der Waals surface area contributed by atoms with Gasteiger partial charge in [-0.15, -0.1) is 0 Å². The number of hydrogen-bond acceptors (Lipinski definition) is 1. The average molecular weight is 244 g/mol. The minimum absolute atomic E-state index is 0.0712. The van der Waals surface area contributed by atoms with Gasteiger partial charge in [0.1, 0.15) is 0 Å². The molecule has 0 aromatic rings. The van der Waals surface area contributed by atoms with Crippen molar-refractivity contribution in [3.63, 3.8) is 0 Å². The van der Waals surface area contributed by atoms with Gasteiger partial charge in [0.05, 0.1) is 9.68 Å². The molecule has 1 N–H and O–H groups in total. The second kappa shape index (κ2) is 6.87. The van der Waals surface area contributed by atoms with E-state index in [1.807, 2.05) is 0 Å². The van der Waals surface area contributed by atoms with Crippen LogP contribution < -0.4 is 4.98 Å². The van der Waals surface area contributed by atoms with Crippen LogP contribution in [0.25, 0.3) is 0 Å². The molecule has 0 radical (unpaired) electrons. The molecule has 0 saturated heterocycles. The molecule has 90 valence electrons. The van der Waals surface area contributed by atoms with Crippen LogP contribution in [0.3, 0.4) is 0 Å². The van der Waals surface area contributed by atoms with E-state index in [9.17, 15) is 0 Å². The quantitative estimate of drug-likeness (QED) is 0.559. The molecule has 1 rings (SSSR count). The summed E-state index contributed by atoms with van der Waals surface area (Å²) < 4.78 is 0. The Kier molecular flexibility index (Phi) is 6.16. The lowest BCUT2D eigenvalue weighted by molar-refractivity contribution is 0.358. The van der Waals surface area contributed by atoms with Crippen molar-refractivity contribution in [3.8, 4) is 0 Å². The summed E-state index contributed by atoms with van der Waals surface area (Å²) in [6, 6.07) is 3.07. The van der Waals surface area contributed by atoms with Gasteiger partial charge in [-0.1, -0.05) is 51.0 Å². The first-order chi connectivity index (χ1) is 7.08. The molecule has 1 saturated carbocycles. The molecule has 3 heteroatoms. The molecule has 15 heavy (non-hydrogen) atoms. The topological polar surface area (TPSA) is 12.0 Å². The predicted molar refractivity (Wildman–Crippen MR) is 76.1 cm³/mol. The second-order valence-corrected chi connectivity index (χ2v) is 13.7. The summed E-state index contributed by atoms with van der Waals surface area (Å²) >= 11 is 0. The summed E-state index contributed by atoms with van der Waals surface area (Å²) in [5.74, 6) is 1.03. The number of hydrogen-bond donors (Lipinski definition) is 1. The largest absolute Gasteiger partial charge is 0.342 e. The van der Waals surface area contributed by atoms with Crippen LogP contribution in [-0.4, -0.2) is 24.3 Å². The zero-order valence-electron chi connectivity index (χ0n) is 10.9. The third-order valence-electron chi connectivity index (χ3n) is 3.44. The van der Waals surface area contributed by atoms with Gasteiger partial charge in [0.2, 0.25) is 0 Å². The van der Waals surface area contributed by atoms with Gasteiger partial charge in [-0.3, -0.25) is 0 Å². The molecule has 0 atom stereocenters. The molecular formula is C12H29NSi2. The number of nitrogens with one attached hydrogen (secondary N) is 1. The van der Waals surface area contributed by atoms with E-state index in [1.165, 1.54) is 50.7 Å². The van der Waals surface area contributed by atoms with E-state index in [-0.39, 0.29) is 9.68 Å². The molecule has 1 fully saturated rings. The maximum absolute atomic E-state index is 3.79. The lowest BCUT2D eigenvalue weighted by atomic mass is 9.90. The zero-order chi connectivity index (χ0) is 11.1. The van der Waals surface area contributed by atoms with E-state index in [1.54, 1.807) is 0 Å². The van der Waals surface area contributed by atoms with E-state index < -0.39 is 8.07 Å². The van der Waals surface area contributed by atoms with Crippen LogP contribution >= 0.6 is 0 Å². The van der Waals surface area contributed by atoms with Crippen LogP contribution in [0.15, 0.2) is 0 Å². The Hall–Kier alpha value is 0.394. The summed E-state index contributed by atoms with van der Waals surface area (Å²) in [5.41, 5.74) is 0. The molecule has 1 nitrogen and oxygen atoms in total. The summed E-state index contributed by atoms with van der Waals surface area (Å²) in [5, 5.41) is 0. The van der Waals surface area contributed by atoms with Gasteiger partial charge in [-0.05, 0) is 25.3 Å². The van der Waals surface area contributed by atoms with Crippen LogP contribution in [-0.2, 0) is 0 Å². The highest BCUT2D eigenvalue weighted by atomic mass is 28.3. The van der Waals surface area contributed by atoms with E-state index in [0.29, 0.717) is 0 Å². The SMILES string of the molecule is C[Si](C)(C)CC[SiH2]NCC1CCCCC1. The van der Waals surface area contributed by atoms with Crippen LogP contribution in [0.2, 0.25) is 31.7 Å². The molecule has 1 aliphatic rings. The van der Waals surface area contributed by atoms with Crippen molar-refractivity contribution < 1.29 is 0 Å². The number of rotatable bonds is 6. The average Bonchev–Trinajstić information content (AvgIpc) is 2.17. The molecule has 0 aromatic heterocycles. The van der Waals surface area contributed by atoms with Crippen LogP contribution in [0, 0.1) is 5.92 Å². The molecule has 0 spiro atoms. The third kappa shape index (κ3) is 7.31. The maximum Gasteiger partial charge on any atom is 0.0913 e. The molecule has 0 aliphatic heterocycles. The van der Waals surface area contributed by atoms with Gasteiger partial charge in [-0.25, -0.2) is 0 Å². The highest BCUT2D eigenvalue weighted by Gasteiger charge is 2.14. The van der Waals surface area contributed by atoms with Crippen molar-refractivity contribution in [2.24, 2.45) is 5.92 Å². The fraction of sp³-hybridized carbons (Fsp3) is 1.00. The fourth-order valence-electron chi connectivity index (χ4n) is 2.44. The Bertz CT molecular complexity index is 159. The van der Waals surface area contributed by atoms with Gasteiger partial charge in [0, 0.05) is 8.07 Å². The first-order valence-corrected chi connectivity index (χ1v) is 12.2. The first-order valence-electron chi connectivity index (χ1n) is 6.79. The summed E-state index contributed by atoms with van der Waals surface area (Å²) in [7, 11) is -0.681. The normalized spacial score (nSPS) is 20.2. The van der Waals surface area contributed by atoms with Gasteiger partial charge in [-0.2, -0.15) is 0 Å². The molecule has 0 unspecified atom stereocenters. The second-order valence-electron chi connectivity index (χ2n) is 6.37. The Morgan fingerprint density at radius 3 is 2.40 bits per heavy atom. The standard InChI is InChI=1S/C12H29NSi2/c1-15(2,3)10-9-14-13-11-12-7-5-4-6-8-12/h12-13H,4-11,14H2,1-3H3. The van der Waals surface area contributed by atoms with Gasteiger partial charge < -0.3 is 4.98 Å². The molecule has 0 amide bonds. The third-order valence-corrected chi connectivity index (χ3v) is 7.35. The van der Waals surface area contributed by atoms with Crippen molar-refractivity contribution >= 4 is 17.8 Å². The zero-order valence-corrected chi connectivity index (χ0v) is 13.4. The van der Waals surface area contributed by atoms with Gasteiger partial charge in [0.15, 0.2) is 0 Å². The minimum atomic E-state index is -0.752. The lowest BCUT2D eigenvalue weighted by Gasteiger charge is -2.22. The van der Waals surface area contributed by atoms with Gasteiger partial charge >= 0.3 is 0 Å². The van der Waals surface area contributed by atoms with E-state index in [4.69, 9.17) is 0 Å². The van der Waals surface area contributed by atoms with E-state index >= 15 is 0 Å². The van der Waals surface area contributed by atoms with Crippen molar-refractivity contribution in [2.75, 3.05) is 6.54 Å². The minimum Gasteiger partial charge on any atom is -0.342 e. The van der Waals surface area contributed by atoms with Crippen LogP contribution in [0.5, 0.6) is 0 Å². The van der Waals surface area contributed by atoms with Crippen LogP contribution in [0.4, 0.5) is 0 Å². The van der Waals surface area contributed by atoms with Crippen molar-refractivity contribution in [1.82, 2.24) is 4.98 Å². The molecular weight excluding hydrogens is 214 g/mol. The lowest BCUT2D eigenvalue weighted by Crippen LogP contribution is -2.29. The Morgan fingerprint density at radius 1 is 1.13 bits per heavy atom. The summed E-state index contributed by atoms with van der Waals surface area (Å²) in [6.45, 7) is 8.81. The molecule has 1 aliphatic carbocycles. The van der Waals surface area contributed by atoms with E-state index in [2.05, 4.69) is 24.6 Å². The molecule has 0 bridgehead atoms. The Balaban J connectivity index is 1.92. The fourth-order valence-corrected chi connectivity index (χ4v) is 8.25. The van der Waals surface area contributed by atoms with Crippen LogP contribution in [0.1, 0.15) is 32.1 Å². The van der Waals surface area contributed by atoms with Crippen molar-refractivity contribution in [3.05, 3.63) is 0 Å². The first kappa shape index (κ1) is 13.5. The Labute approximate surface area is 99.3 Å². The predicted octanol–water partition coefficient (Wildman–Crippen LogP) is 3.00.